The van der Waals surface area contributed by atoms with Gasteiger partial charge in [0, 0.05) is 39.4 Å². The lowest BCUT2D eigenvalue weighted by Gasteiger charge is -2.34. The Kier molecular flexibility index (Phi) is 4.71. The van der Waals surface area contributed by atoms with Crippen molar-refractivity contribution in [3.63, 3.8) is 0 Å². The molecule has 0 N–H and O–H groups in total. The Morgan fingerprint density at radius 2 is 1.68 bits per heavy atom. The van der Waals surface area contributed by atoms with Crippen molar-refractivity contribution in [3.05, 3.63) is 53.3 Å². The van der Waals surface area contributed by atoms with Gasteiger partial charge in [0.25, 0.3) is 5.91 Å². The Labute approximate surface area is 148 Å². The lowest BCUT2D eigenvalue weighted by molar-refractivity contribution is 0.0688. The number of carbonyl (C=O) groups is 1. The normalized spacial score (nSPS) is 16.2. The Balaban J connectivity index is 1.72. The van der Waals surface area contributed by atoms with Crippen LogP contribution in [0.1, 0.15) is 21.6 Å². The summed E-state index contributed by atoms with van der Waals surface area (Å²) in [4.78, 5) is 14.6. The first-order valence-corrected chi connectivity index (χ1v) is 9.73. The van der Waals surface area contributed by atoms with E-state index in [-0.39, 0.29) is 5.91 Å². The maximum absolute atomic E-state index is 12.8. The van der Waals surface area contributed by atoms with Crippen LogP contribution < -0.4 is 0 Å². The molecule has 1 aromatic carbocycles. The van der Waals surface area contributed by atoms with E-state index in [1.807, 2.05) is 39.2 Å². The SMILES string of the molecule is Cc1ccc(S(=O)(=O)N2CCN(C(=O)c3cccn3C)CC2)cc1C. The molecule has 1 aromatic heterocycles. The predicted octanol–water partition coefficient (Wildman–Crippen LogP) is 1.79. The highest BCUT2D eigenvalue weighted by Gasteiger charge is 2.31. The molecule has 2 heterocycles. The highest BCUT2D eigenvalue weighted by molar-refractivity contribution is 7.89. The standard InChI is InChI=1S/C18H23N3O3S/c1-14-6-7-16(13-15(14)2)25(23,24)21-11-9-20(10-12-21)18(22)17-5-4-8-19(17)3/h4-8,13H,9-12H2,1-3H3. The van der Waals surface area contributed by atoms with Gasteiger partial charge in [-0.25, -0.2) is 8.42 Å². The van der Waals surface area contributed by atoms with E-state index in [1.165, 1.54) is 4.31 Å². The second-order valence-electron chi connectivity index (χ2n) is 6.45. The molecular weight excluding hydrogens is 338 g/mol. The van der Waals surface area contributed by atoms with E-state index in [4.69, 9.17) is 0 Å². The predicted molar refractivity (Wildman–Crippen MR) is 96.0 cm³/mol. The van der Waals surface area contributed by atoms with Gasteiger partial charge in [0.05, 0.1) is 4.90 Å². The molecule has 1 saturated heterocycles. The van der Waals surface area contributed by atoms with Crippen LogP contribution >= 0.6 is 0 Å². The third-order valence-corrected chi connectivity index (χ3v) is 6.70. The summed E-state index contributed by atoms with van der Waals surface area (Å²) in [6, 6.07) is 8.80. The Morgan fingerprint density at radius 3 is 2.24 bits per heavy atom. The molecule has 1 fully saturated rings. The first-order valence-electron chi connectivity index (χ1n) is 8.29. The fraction of sp³-hybridized carbons (Fsp3) is 0.389. The third-order valence-electron chi connectivity index (χ3n) is 4.80. The van der Waals surface area contributed by atoms with Crippen molar-refractivity contribution in [2.75, 3.05) is 26.2 Å². The van der Waals surface area contributed by atoms with Gasteiger partial charge < -0.3 is 9.47 Å². The summed E-state index contributed by atoms with van der Waals surface area (Å²) in [5.74, 6) is -0.0595. The van der Waals surface area contributed by atoms with Crippen LogP contribution in [0.15, 0.2) is 41.4 Å². The number of amides is 1. The van der Waals surface area contributed by atoms with Crippen LogP contribution in [-0.2, 0) is 17.1 Å². The van der Waals surface area contributed by atoms with Crippen molar-refractivity contribution < 1.29 is 13.2 Å². The first kappa shape index (κ1) is 17.7. The van der Waals surface area contributed by atoms with Gasteiger partial charge in [-0.05, 0) is 49.2 Å². The van der Waals surface area contributed by atoms with Gasteiger partial charge in [0.15, 0.2) is 0 Å². The van der Waals surface area contributed by atoms with Crippen molar-refractivity contribution in [2.45, 2.75) is 18.7 Å². The molecule has 25 heavy (non-hydrogen) atoms. The zero-order chi connectivity index (χ0) is 18.2. The number of piperazine rings is 1. The minimum atomic E-state index is -3.52. The van der Waals surface area contributed by atoms with Gasteiger partial charge >= 0.3 is 0 Å². The van der Waals surface area contributed by atoms with Crippen molar-refractivity contribution in [1.29, 1.82) is 0 Å². The molecule has 0 unspecified atom stereocenters. The van der Waals surface area contributed by atoms with Gasteiger partial charge in [-0.15, -0.1) is 0 Å². The molecule has 0 saturated carbocycles. The molecule has 0 atom stereocenters. The number of nitrogens with zero attached hydrogens (tertiary/aromatic N) is 3. The smallest absolute Gasteiger partial charge is 0.270 e. The summed E-state index contributed by atoms with van der Waals surface area (Å²) in [6.07, 6.45) is 1.83. The van der Waals surface area contributed by atoms with E-state index in [0.717, 1.165) is 11.1 Å². The monoisotopic (exact) mass is 361 g/mol. The van der Waals surface area contributed by atoms with Crippen LogP contribution in [0.3, 0.4) is 0 Å². The van der Waals surface area contributed by atoms with Gasteiger partial charge in [0.1, 0.15) is 5.69 Å². The lowest BCUT2D eigenvalue weighted by Crippen LogP contribution is -2.50. The minimum Gasteiger partial charge on any atom is -0.347 e. The third kappa shape index (κ3) is 3.34. The molecule has 1 aliphatic rings. The number of rotatable bonds is 3. The zero-order valence-corrected chi connectivity index (χ0v) is 15.6. The summed E-state index contributed by atoms with van der Waals surface area (Å²) in [6.45, 7) is 5.28. The number of aromatic nitrogens is 1. The summed E-state index contributed by atoms with van der Waals surface area (Å²) in [5.41, 5.74) is 2.64. The van der Waals surface area contributed by atoms with Gasteiger partial charge in [-0.2, -0.15) is 4.31 Å². The van der Waals surface area contributed by atoms with Gasteiger partial charge in [-0.3, -0.25) is 4.79 Å². The fourth-order valence-electron chi connectivity index (χ4n) is 3.00. The molecule has 1 amide bonds. The molecule has 134 valence electrons. The van der Waals surface area contributed by atoms with Crippen LogP contribution in [0.4, 0.5) is 0 Å². The molecule has 6 nitrogen and oxygen atoms in total. The van der Waals surface area contributed by atoms with Crippen molar-refractivity contribution >= 4 is 15.9 Å². The molecule has 3 rings (SSSR count). The van der Waals surface area contributed by atoms with E-state index in [1.54, 1.807) is 27.7 Å². The molecule has 0 bridgehead atoms. The van der Waals surface area contributed by atoms with Crippen LogP contribution in [0.25, 0.3) is 0 Å². The highest BCUT2D eigenvalue weighted by Crippen LogP contribution is 2.21. The Hall–Kier alpha value is -2.12. The number of carbonyl (C=O) groups excluding carboxylic acids is 1. The van der Waals surface area contributed by atoms with E-state index < -0.39 is 10.0 Å². The largest absolute Gasteiger partial charge is 0.347 e. The maximum Gasteiger partial charge on any atom is 0.270 e. The van der Waals surface area contributed by atoms with Crippen molar-refractivity contribution in [3.8, 4) is 0 Å². The minimum absolute atomic E-state index is 0.0595. The fourth-order valence-corrected chi connectivity index (χ4v) is 4.51. The van der Waals surface area contributed by atoms with E-state index in [9.17, 15) is 13.2 Å². The average Bonchev–Trinajstić information content (AvgIpc) is 3.02. The van der Waals surface area contributed by atoms with Crippen LogP contribution in [-0.4, -0.2) is 54.3 Å². The number of hydrogen-bond acceptors (Lipinski definition) is 3. The summed E-state index contributed by atoms with van der Waals surface area (Å²) < 4.78 is 28.9. The van der Waals surface area contributed by atoms with Crippen molar-refractivity contribution in [1.82, 2.24) is 13.8 Å². The lowest BCUT2D eigenvalue weighted by atomic mass is 10.1. The summed E-state index contributed by atoms with van der Waals surface area (Å²) in [7, 11) is -1.70. The van der Waals surface area contributed by atoms with E-state index in [2.05, 4.69) is 0 Å². The molecule has 0 spiro atoms. The molecule has 7 heteroatoms. The van der Waals surface area contributed by atoms with E-state index in [0.29, 0.717) is 36.8 Å². The van der Waals surface area contributed by atoms with Gasteiger partial charge in [-0.1, -0.05) is 6.07 Å². The second kappa shape index (κ2) is 6.65. The quantitative estimate of drug-likeness (QED) is 0.837. The Bertz CT molecular complexity index is 894. The molecule has 0 radical (unpaired) electrons. The number of sulfonamides is 1. The molecule has 0 aliphatic carbocycles. The summed E-state index contributed by atoms with van der Waals surface area (Å²) >= 11 is 0. The van der Waals surface area contributed by atoms with Crippen LogP contribution in [0.2, 0.25) is 0 Å². The van der Waals surface area contributed by atoms with Crippen molar-refractivity contribution in [2.24, 2.45) is 7.05 Å². The first-order chi connectivity index (χ1) is 11.8. The number of aryl methyl sites for hydroxylation is 3. The summed E-state index contributed by atoms with van der Waals surface area (Å²) in [5, 5.41) is 0. The molecule has 1 aliphatic heterocycles. The zero-order valence-electron chi connectivity index (χ0n) is 14.8. The van der Waals surface area contributed by atoms with Crippen LogP contribution in [0.5, 0.6) is 0 Å². The average molecular weight is 361 g/mol. The maximum atomic E-state index is 12.8. The van der Waals surface area contributed by atoms with E-state index >= 15 is 0 Å². The highest BCUT2D eigenvalue weighted by atomic mass is 32.2. The Morgan fingerprint density at radius 1 is 1.00 bits per heavy atom. The topological polar surface area (TPSA) is 62.6 Å². The molecular formula is C18H23N3O3S. The number of hydrogen-bond donors (Lipinski definition) is 0. The van der Waals surface area contributed by atoms with Gasteiger partial charge in [0.2, 0.25) is 10.0 Å². The van der Waals surface area contributed by atoms with Crippen LogP contribution in [0, 0.1) is 13.8 Å². The number of benzene rings is 1. The second-order valence-corrected chi connectivity index (χ2v) is 8.38. The molecule has 2 aromatic rings.